The third kappa shape index (κ3) is 5.22. The molecular weight excluding hydrogens is 813 g/mol. The molecule has 3 nitrogen and oxygen atoms in total. The second kappa shape index (κ2) is 14.4. The molecule has 1 aliphatic carbocycles. The minimum Gasteiger partial charge on any atom is -0.456 e. The van der Waals surface area contributed by atoms with Crippen LogP contribution in [0.3, 0.4) is 0 Å². The molecule has 14 rings (SSSR count). The molecule has 0 fully saturated rings. The van der Waals surface area contributed by atoms with Crippen molar-refractivity contribution in [2.24, 2.45) is 0 Å². The number of fused-ring (bicyclic) bond motifs is 12. The zero-order chi connectivity index (χ0) is 44.2. The Morgan fingerprint density at radius 2 is 0.985 bits per heavy atom. The standard InChI is InChI=1S/C64H42N2O/c1-65(54-36-20-35-53-59(54)48-31-15-17-34-52(48)64(53,42-22-5-2-6-23-42)43-24-7-3-8-25-43)55-37-19-33-50-60-56(66(63(50)55)44-26-9-4-10-27-44)40-58-61(49-32-16-18-38-57(49)67-58)62(60)51-39-41-21-11-12-28-45(41)46-29-13-14-30-47(46)51/h2-40H,1H3. The molecule has 0 N–H and O–H groups in total. The summed E-state index contributed by atoms with van der Waals surface area (Å²) in [6, 6.07) is 86.7. The van der Waals surface area contributed by atoms with Gasteiger partial charge in [-0.15, -0.1) is 0 Å². The summed E-state index contributed by atoms with van der Waals surface area (Å²) in [5.41, 5.74) is 16.8. The molecule has 0 spiro atoms. The van der Waals surface area contributed by atoms with Gasteiger partial charge >= 0.3 is 0 Å². The van der Waals surface area contributed by atoms with Gasteiger partial charge in [-0.25, -0.2) is 0 Å². The summed E-state index contributed by atoms with van der Waals surface area (Å²) in [5.74, 6) is 0. The average molecular weight is 855 g/mol. The second-order valence-corrected chi connectivity index (χ2v) is 17.9. The molecule has 1 aliphatic rings. The number of hydrogen-bond acceptors (Lipinski definition) is 2. The Kier molecular flexibility index (Phi) is 8.11. The summed E-state index contributed by atoms with van der Waals surface area (Å²) in [6.07, 6.45) is 0. The van der Waals surface area contributed by atoms with Crippen LogP contribution in [-0.2, 0) is 5.41 Å². The summed E-state index contributed by atoms with van der Waals surface area (Å²) in [6.45, 7) is 0. The molecule has 0 unspecified atom stereocenters. The Bertz CT molecular complexity index is 4070. The Morgan fingerprint density at radius 1 is 0.403 bits per heavy atom. The van der Waals surface area contributed by atoms with Crippen LogP contribution in [0.4, 0.5) is 11.4 Å². The van der Waals surface area contributed by atoms with Gasteiger partial charge in [-0.1, -0.05) is 194 Å². The molecule has 0 saturated carbocycles. The summed E-state index contributed by atoms with van der Waals surface area (Å²) in [5, 5.41) is 9.53. The van der Waals surface area contributed by atoms with Crippen molar-refractivity contribution >= 4 is 76.7 Å². The highest BCUT2D eigenvalue weighted by Crippen LogP contribution is 2.59. The quantitative estimate of drug-likeness (QED) is 0.155. The number of nitrogens with zero attached hydrogens (tertiary/aromatic N) is 2. The maximum atomic E-state index is 6.91. The van der Waals surface area contributed by atoms with E-state index >= 15 is 0 Å². The van der Waals surface area contributed by atoms with E-state index in [0.29, 0.717) is 0 Å². The lowest BCUT2D eigenvalue weighted by molar-refractivity contribution is 0.669. The first kappa shape index (κ1) is 37.7. The van der Waals surface area contributed by atoms with E-state index in [9.17, 15) is 0 Å². The molecule has 0 atom stereocenters. The van der Waals surface area contributed by atoms with E-state index in [1.54, 1.807) is 0 Å². The van der Waals surface area contributed by atoms with Crippen LogP contribution < -0.4 is 4.90 Å². The number of para-hydroxylation sites is 3. The molecule has 2 heterocycles. The van der Waals surface area contributed by atoms with Gasteiger partial charge in [-0.2, -0.15) is 0 Å². The zero-order valence-electron chi connectivity index (χ0n) is 36.8. The normalized spacial score (nSPS) is 13.0. The van der Waals surface area contributed by atoms with Crippen molar-refractivity contribution in [1.29, 1.82) is 0 Å². The number of benzene rings is 11. The first-order chi connectivity index (χ1) is 33.2. The van der Waals surface area contributed by atoms with E-state index in [2.05, 4.69) is 253 Å². The summed E-state index contributed by atoms with van der Waals surface area (Å²) in [4.78, 5) is 2.44. The van der Waals surface area contributed by atoms with E-state index in [1.165, 1.54) is 76.8 Å². The van der Waals surface area contributed by atoms with Crippen molar-refractivity contribution in [3.05, 3.63) is 259 Å². The molecule has 0 bridgehead atoms. The number of furan rings is 1. The van der Waals surface area contributed by atoms with Gasteiger partial charge in [0.25, 0.3) is 0 Å². The lowest BCUT2D eigenvalue weighted by atomic mass is 9.68. The topological polar surface area (TPSA) is 21.3 Å². The molecule has 67 heavy (non-hydrogen) atoms. The molecule has 3 heteroatoms. The number of aromatic nitrogens is 1. The molecule has 0 saturated heterocycles. The van der Waals surface area contributed by atoms with Gasteiger partial charge in [0.1, 0.15) is 11.2 Å². The third-order valence-corrected chi connectivity index (χ3v) is 14.6. The average Bonchev–Trinajstić information content (AvgIpc) is 4.05. The van der Waals surface area contributed by atoms with Crippen LogP contribution in [-0.4, -0.2) is 11.6 Å². The fourth-order valence-electron chi connectivity index (χ4n) is 11.9. The third-order valence-electron chi connectivity index (χ3n) is 14.6. The van der Waals surface area contributed by atoms with Crippen LogP contribution in [0.1, 0.15) is 22.3 Å². The van der Waals surface area contributed by atoms with Crippen molar-refractivity contribution in [2.75, 3.05) is 11.9 Å². The van der Waals surface area contributed by atoms with Crippen LogP contribution in [0.5, 0.6) is 0 Å². The first-order valence-electron chi connectivity index (χ1n) is 23.2. The highest BCUT2D eigenvalue weighted by molar-refractivity contribution is 6.31. The summed E-state index contributed by atoms with van der Waals surface area (Å²) >= 11 is 0. The molecular formula is C64H42N2O. The largest absolute Gasteiger partial charge is 0.456 e. The predicted molar refractivity (Wildman–Crippen MR) is 280 cm³/mol. The van der Waals surface area contributed by atoms with E-state index in [0.717, 1.165) is 50.0 Å². The van der Waals surface area contributed by atoms with Gasteiger partial charge in [0.05, 0.1) is 22.1 Å². The lowest BCUT2D eigenvalue weighted by Gasteiger charge is -2.34. The Morgan fingerprint density at radius 3 is 1.76 bits per heavy atom. The molecule has 0 aliphatic heterocycles. The second-order valence-electron chi connectivity index (χ2n) is 17.9. The van der Waals surface area contributed by atoms with Crippen LogP contribution in [0.15, 0.2) is 241 Å². The van der Waals surface area contributed by atoms with Gasteiger partial charge in [0.2, 0.25) is 0 Å². The Labute approximate surface area is 388 Å². The lowest BCUT2D eigenvalue weighted by Crippen LogP contribution is -2.28. The van der Waals surface area contributed by atoms with Crippen LogP contribution >= 0.6 is 0 Å². The minimum absolute atomic E-state index is 0.509. The van der Waals surface area contributed by atoms with Crippen molar-refractivity contribution in [2.45, 2.75) is 5.41 Å². The zero-order valence-corrected chi connectivity index (χ0v) is 36.8. The van der Waals surface area contributed by atoms with Crippen molar-refractivity contribution in [3.63, 3.8) is 0 Å². The monoisotopic (exact) mass is 854 g/mol. The van der Waals surface area contributed by atoms with Gasteiger partial charge < -0.3 is 13.9 Å². The SMILES string of the molecule is CN(c1cccc2c1-c1ccccc1C2(c1ccccc1)c1ccccc1)c1cccc2c3c(-c4cc5ccccc5c5ccccc45)c4c(cc3n(-c3ccccc3)c12)oc1ccccc14. The van der Waals surface area contributed by atoms with Gasteiger partial charge in [-0.05, 0) is 91.3 Å². The van der Waals surface area contributed by atoms with Gasteiger partial charge in [0, 0.05) is 57.2 Å². The summed E-state index contributed by atoms with van der Waals surface area (Å²) in [7, 11) is 2.25. The number of hydrogen-bond donors (Lipinski definition) is 0. The van der Waals surface area contributed by atoms with Crippen LogP contribution in [0, 0.1) is 0 Å². The van der Waals surface area contributed by atoms with Gasteiger partial charge in [0.15, 0.2) is 0 Å². The first-order valence-corrected chi connectivity index (χ1v) is 23.2. The van der Waals surface area contributed by atoms with Crippen LogP contribution in [0.2, 0.25) is 0 Å². The highest BCUT2D eigenvalue weighted by Gasteiger charge is 2.47. The smallest absolute Gasteiger partial charge is 0.138 e. The van der Waals surface area contributed by atoms with Crippen molar-refractivity contribution in [1.82, 2.24) is 4.57 Å². The van der Waals surface area contributed by atoms with Crippen molar-refractivity contribution < 1.29 is 4.42 Å². The fraction of sp³-hybridized carbons (Fsp3) is 0.0312. The molecule has 2 aromatic heterocycles. The number of rotatable bonds is 6. The maximum Gasteiger partial charge on any atom is 0.138 e. The fourth-order valence-corrected chi connectivity index (χ4v) is 11.9. The Hall–Kier alpha value is -8.66. The molecule has 11 aromatic carbocycles. The molecule has 0 radical (unpaired) electrons. The van der Waals surface area contributed by atoms with Crippen LogP contribution in [0.25, 0.3) is 93.2 Å². The molecule has 0 amide bonds. The van der Waals surface area contributed by atoms with Gasteiger partial charge in [-0.3, -0.25) is 0 Å². The Balaban J connectivity index is 1.11. The van der Waals surface area contributed by atoms with E-state index in [-0.39, 0.29) is 0 Å². The minimum atomic E-state index is -0.509. The van der Waals surface area contributed by atoms with Crippen molar-refractivity contribution in [3.8, 4) is 27.9 Å². The predicted octanol–water partition coefficient (Wildman–Crippen LogP) is 16.8. The maximum absolute atomic E-state index is 6.91. The molecule has 314 valence electrons. The van der Waals surface area contributed by atoms with E-state index in [1.807, 2.05) is 0 Å². The molecule has 13 aromatic rings. The van der Waals surface area contributed by atoms with E-state index < -0.39 is 5.41 Å². The van der Waals surface area contributed by atoms with E-state index in [4.69, 9.17) is 4.42 Å². The summed E-state index contributed by atoms with van der Waals surface area (Å²) < 4.78 is 9.39. The number of anilines is 2. The highest BCUT2D eigenvalue weighted by atomic mass is 16.3.